The predicted octanol–water partition coefficient (Wildman–Crippen LogP) is 2.05. The van der Waals surface area contributed by atoms with Crippen molar-refractivity contribution >= 4 is 17.9 Å². The fraction of sp³-hybridized carbons (Fsp3) is 0.552. The van der Waals surface area contributed by atoms with Crippen LogP contribution < -0.4 is 10.2 Å². The van der Waals surface area contributed by atoms with Gasteiger partial charge >= 0.3 is 6.09 Å². The molecule has 0 saturated carbocycles. The van der Waals surface area contributed by atoms with Gasteiger partial charge in [0.1, 0.15) is 6.10 Å². The van der Waals surface area contributed by atoms with Crippen molar-refractivity contribution in [2.45, 2.75) is 50.3 Å². The van der Waals surface area contributed by atoms with Crippen LogP contribution in [0.3, 0.4) is 0 Å². The number of piperazine rings is 1. The first-order valence-corrected chi connectivity index (χ1v) is 14.8. The Morgan fingerprint density at radius 3 is 2.56 bits per heavy atom. The third-order valence-corrected chi connectivity index (χ3v) is 8.58. The maximum absolute atomic E-state index is 16.0. The smallest absolute Gasteiger partial charge is 0.411 e. The summed E-state index contributed by atoms with van der Waals surface area (Å²) >= 11 is 0. The van der Waals surface area contributed by atoms with E-state index in [0.717, 1.165) is 38.8 Å². The molecule has 4 heterocycles. The minimum absolute atomic E-state index is 0.0623. The van der Waals surface area contributed by atoms with E-state index in [1.165, 1.54) is 34.4 Å². The summed E-state index contributed by atoms with van der Waals surface area (Å²) in [5.74, 6) is -2.98. The van der Waals surface area contributed by atoms with Gasteiger partial charge in [0.25, 0.3) is 5.95 Å². The summed E-state index contributed by atoms with van der Waals surface area (Å²) in [4.78, 5) is 32.4. The van der Waals surface area contributed by atoms with Crippen LogP contribution in [0.15, 0.2) is 54.4 Å². The number of amides is 2. The van der Waals surface area contributed by atoms with Crippen molar-refractivity contribution in [1.29, 1.82) is 0 Å². The number of benzene rings is 1. The second-order valence-electron chi connectivity index (χ2n) is 11.5. The molecule has 3 saturated heterocycles. The third kappa shape index (κ3) is 6.39. The normalized spacial score (nSPS) is 27.3. The van der Waals surface area contributed by atoms with Gasteiger partial charge in [-0.05, 0) is 35.8 Å². The summed E-state index contributed by atoms with van der Waals surface area (Å²) in [6, 6.07) is 9.59. The molecule has 0 bridgehead atoms. The van der Waals surface area contributed by atoms with Crippen LogP contribution in [0.5, 0.6) is 0 Å². The number of alkyl halides is 1. The van der Waals surface area contributed by atoms with Gasteiger partial charge in [-0.2, -0.15) is 4.80 Å². The van der Waals surface area contributed by atoms with E-state index in [1.54, 1.807) is 4.80 Å². The molecule has 2 amide bonds. The first-order chi connectivity index (χ1) is 20.8. The van der Waals surface area contributed by atoms with Crippen LogP contribution in [0, 0.1) is 0 Å². The molecule has 12 nitrogen and oxygen atoms in total. The second-order valence-corrected chi connectivity index (χ2v) is 11.5. The van der Waals surface area contributed by atoms with Gasteiger partial charge in [-0.15, -0.1) is 5.10 Å². The van der Waals surface area contributed by atoms with Crippen molar-refractivity contribution in [1.82, 2.24) is 40.2 Å². The molecule has 14 heteroatoms. The highest BCUT2D eigenvalue weighted by atomic mass is 19.2. The van der Waals surface area contributed by atoms with Gasteiger partial charge in [-0.1, -0.05) is 41.5 Å². The van der Waals surface area contributed by atoms with Crippen molar-refractivity contribution in [3.8, 4) is 0 Å². The summed E-state index contributed by atoms with van der Waals surface area (Å²) in [5, 5.41) is 15.8. The predicted molar refractivity (Wildman–Crippen MR) is 153 cm³/mol. The summed E-state index contributed by atoms with van der Waals surface area (Å²) in [6.07, 6.45) is 3.70. The molecule has 3 aliphatic heterocycles. The first kappa shape index (κ1) is 29.2. The molecule has 1 aromatic heterocycles. The lowest BCUT2D eigenvalue weighted by molar-refractivity contribution is -0.119. The molecule has 3 atom stereocenters. The van der Waals surface area contributed by atoms with E-state index in [-0.39, 0.29) is 25.0 Å². The van der Waals surface area contributed by atoms with E-state index in [9.17, 15) is 9.59 Å². The largest absolute Gasteiger partial charge is 0.442 e. The Labute approximate surface area is 248 Å². The lowest BCUT2D eigenvalue weighted by Gasteiger charge is -2.40. The number of likely N-dealkylation sites (tertiary alicyclic amines) is 1. The molecular formula is C29H37F2N9O3. The number of tetrazole rings is 1. The van der Waals surface area contributed by atoms with Gasteiger partial charge in [0.15, 0.2) is 5.83 Å². The summed E-state index contributed by atoms with van der Waals surface area (Å²) in [7, 11) is 0. The molecule has 1 aromatic carbocycles. The first-order valence-electron chi connectivity index (χ1n) is 14.8. The number of rotatable bonds is 8. The molecule has 0 radical (unpaired) electrons. The van der Waals surface area contributed by atoms with Crippen molar-refractivity contribution in [3.05, 3.63) is 60.0 Å². The SMILES string of the molecule is CC(=O)NCC1CN(C2C=CC(F)(N3CCC(n4nnc(N5CCN(Cc6ccccc6)CC5)n4)CC3)C(F)=C2)C(=O)O1. The minimum Gasteiger partial charge on any atom is -0.442 e. The molecule has 1 N–H and O–H groups in total. The molecule has 6 rings (SSSR count). The Hall–Kier alpha value is -3.91. The highest BCUT2D eigenvalue weighted by Gasteiger charge is 2.45. The monoisotopic (exact) mass is 597 g/mol. The average molecular weight is 598 g/mol. The second kappa shape index (κ2) is 12.4. The van der Waals surface area contributed by atoms with Gasteiger partial charge in [-0.3, -0.25) is 19.5 Å². The van der Waals surface area contributed by atoms with Gasteiger partial charge in [-0.25, -0.2) is 13.6 Å². The van der Waals surface area contributed by atoms with E-state index < -0.39 is 29.9 Å². The van der Waals surface area contributed by atoms with Crippen LogP contribution in [-0.4, -0.2) is 117 Å². The lowest BCUT2D eigenvalue weighted by Crippen LogP contribution is -2.51. The lowest BCUT2D eigenvalue weighted by atomic mass is 9.97. The van der Waals surface area contributed by atoms with Gasteiger partial charge in [0.2, 0.25) is 11.7 Å². The number of hydrogen-bond acceptors (Lipinski definition) is 9. The number of ether oxygens (including phenoxy) is 1. The van der Waals surface area contributed by atoms with Crippen molar-refractivity contribution in [2.75, 3.05) is 57.3 Å². The van der Waals surface area contributed by atoms with Gasteiger partial charge in [0, 0.05) is 52.7 Å². The number of anilines is 1. The van der Waals surface area contributed by atoms with Crippen LogP contribution in [0.4, 0.5) is 19.5 Å². The average Bonchev–Trinajstić information content (AvgIpc) is 3.66. The van der Waals surface area contributed by atoms with Crippen LogP contribution >= 0.6 is 0 Å². The molecule has 1 aliphatic carbocycles. The van der Waals surface area contributed by atoms with Crippen LogP contribution in [0.1, 0.15) is 31.4 Å². The quantitative estimate of drug-likeness (QED) is 0.361. The van der Waals surface area contributed by atoms with Crippen LogP contribution in [0.25, 0.3) is 0 Å². The molecule has 3 fully saturated rings. The van der Waals surface area contributed by atoms with Gasteiger partial charge in [0.05, 0.1) is 25.2 Å². The zero-order valence-electron chi connectivity index (χ0n) is 24.2. The number of halogens is 2. The molecule has 2 aromatic rings. The molecule has 4 aliphatic rings. The number of nitrogens with one attached hydrogen (secondary N) is 1. The van der Waals surface area contributed by atoms with Crippen molar-refractivity contribution < 1.29 is 23.1 Å². The van der Waals surface area contributed by atoms with E-state index >= 15 is 8.78 Å². The van der Waals surface area contributed by atoms with Crippen molar-refractivity contribution in [3.63, 3.8) is 0 Å². The Kier molecular flexibility index (Phi) is 8.39. The fourth-order valence-corrected chi connectivity index (χ4v) is 6.10. The number of nitrogens with zero attached hydrogens (tertiary/aromatic N) is 8. The summed E-state index contributed by atoms with van der Waals surface area (Å²) in [5.41, 5.74) is 1.30. The number of carbonyl (C=O) groups is 2. The van der Waals surface area contributed by atoms with Crippen LogP contribution in [-0.2, 0) is 16.1 Å². The Balaban J connectivity index is 0.994. The van der Waals surface area contributed by atoms with E-state index in [2.05, 4.69) is 54.8 Å². The molecule has 230 valence electrons. The molecule has 43 heavy (non-hydrogen) atoms. The van der Waals surface area contributed by atoms with E-state index in [1.807, 2.05) is 6.07 Å². The molecule has 0 spiro atoms. The Morgan fingerprint density at radius 1 is 1.12 bits per heavy atom. The number of cyclic esters (lactones) is 1. The van der Waals surface area contributed by atoms with Crippen molar-refractivity contribution in [2.24, 2.45) is 0 Å². The maximum atomic E-state index is 16.0. The zero-order chi connectivity index (χ0) is 30.0. The number of piperidine rings is 1. The minimum atomic E-state index is -2.39. The Morgan fingerprint density at radius 2 is 1.86 bits per heavy atom. The topological polar surface area (TPSA) is 112 Å². The highest BCUT2D eigenvalue weighted by Crippen LogP contribution is 2.38. The highest BCUT2D eigenvalue weighted by molar-refractivity contribution is 5.73. The number of carbonyl (C=O) groups excluding carboxylic acids is 2. The summed E-state index contributed by atoms with van der Waals surface area (Å²) < 4.78 is 36.5. The fourth-order valence-electron chi connectivity index (χ4n) is 6.10. The Bertz CT molecular complexity index is 1360. The number of aromatic nitrogens is 4. The summed E-state index contributed by atoms with van der Waals surface area (Å²) in [6.45, 7) is 6.66. The zero-order valence-corrected chi connectivity index (χ0v) is 24.2. The molecule has 3 unspecified atom stereocenters. The van der Waals surface area contributed by atoms with Crippen LogP contribution in [0.2, 0.25) is 0 Å². The van der Waals surface area contributed by atoms with Gasteiger partial charge < -0.3 is 15.0 Å². The third-order valence-electron chi connectivity index (χ3n) is 8.58. The molecular weight excluding hydrogens is 560 g/mol. The number of hydrogen-bond donors (Lipinski definition) is 1. The maximum Gasteiger partial charge on any atom is 0.411 e. The van der Waals surface area contributed by atoms with E-state index in [0.29, 0.717) is 31.9 Å². The van der Waals surface area contributed by atoms with E-state index in [4.69, 9.17) is 4.74 Å². The standard InChI is InChI=1S/C29H37F2N9O3/c1-21(41)32-18-25-20-39(28(42)43-25)24-7-10-29(31,26(30)17-24)38-11-8-23(9-12-38)40-34-27(33-35-40)37-15-13-36(14-16-37)19-22-5-3-2-4-6-22/h2-7,10,17,23-25H,8-9,11-16,18-20H2,1H3,(H,32,41).